The zero-order chi connectivity index (χ0) is 15.8. The van der Waals surface area contributed by atoms with Crippen LogP contribution in [0, 0.1) is 5.92 Å². The maximum Gasteiger partial charge on any atom is 0.192 e. The van der Waals surface area contributed by atoms with Crippen molar-refractivity contribution in [1.82, 2.24) is 0 Å². The Labute approximate surface area is 124 Å². The Balaban J connectivity index is 2.87. The maximum atomic E-state index is 9.53. The van der Waals surface area contributed by atoms with E-state index < -0.39 is 14.1 Å². The van der Waals surface area contributed by atoms with Gasteiger partial charge >= 0.3 is 0 Å². The van der Waals surface area contributed by atoms with Crippen LogP contribution in [-0.2, 0) is 13.9 Å². The second kappa shape index (κ2) is 6.05. The van der Waals surface area contributed by atoms with E-state index in [1.54, 1.807) is 0 Å². The minimum atomic E-state index is -1.91. The SMILES string of the molecule is C[C@@H](CO)[C@H](O[Si](C)(C)C(C)(C)C)[C@H]1COC(C)(C)O1. The first-order valence-corrected chi connectivity index (χ1v) is 10.4. The van der Waals surface area contributed by atoms with Crippen LogP contribution < -0.4 is 0 Å². The van der Waals surface area contributed by atoms with Crippen molar-refractivity contribution in [3.05, 3.63) is 0 Å². The molecule has 1 rings (SSSR count). The highest BCUT2D eigenvalue weighted by atomic mass is 28.4. The van der Waals surface area contributed by atoms with Crippen LogP contribution in [0.4, 0.5) is 0 Å². The molecule has 20 heavy (non-hydrogen) atoms. The summed E-state index contributed by atoms with van der Waals surface area (Å²) in [7, 11) is -1.91. The molecule has 1 N–H and O–H groups in total. The fourth-order valence-electron chi connectivity index (χ4n) is 2.06. The molecule has 0 aromatic carbocycles. The number of aliphatic hydroxyl groups is 1. The van der Waals surface area contributed by atoms with Crippen LogP contribution in [0.1, 0.15) is 41.5 Å². The lowest BCUT2D eigenvalue weighted by Crippen LogP contribution is -2.50. The van der Waals surface area contributed by atoms with Gasteiger partial charge in [0.15, 0.2) is 14.1 Å². The van der Waals surface area contributed by atoms with E-state index in [2.05, 4.69) is 33.9 Å². The summed E-state index contributed by atoms with van der Waals surface area (Å²) in [5.41, 5.74) is 0. The Bertz CT molecular complexity index is 322. The highest BCUT2D eigenvalue weighted by Gasteiger charge is 2.45. The first-order valence-electron chi connectivity index (χ1n) is 7.50. The third kappa shape index (κ3) is 4.27. The Morgan fingerprint density at radius 2 is 1.90 bits per heavy atom. The maximum absolute atomic E-state index is 9.53. The molecule has 0 bridgehead atoms. The molecule has 1 aliphatic heterocycles. The van der Waals surface area contributed by atoms with Crippen molar-refractivity contribution < 1.29 is 19.0 Å². The molecular formula is C15H32O4Si. The molecule has 120 valence electrons. The average Bonchev–Trinajstić information content (AvgIpc) is 2.64. The van der Waals surface area contributed by atoms with Crippen LogP contribution in [0.25, 0.3) is 0 Å². The summed E-state index contributed by atoms with van der Waals surface area (Å²) in [6, 6.07) is 0. The van der Waals surface area contributed by atoms with Gasteiger partial charge in [0.1, 0.15) is 6.10 Å². The molecule has 1 fully saturated rings. The van der Waals surface area contributed by atoms with Crippen molar-refractivity contribution in [1.29, 1.82) is 0 Å². The zero-order valence-corrected chi connectivity index (χ0v) is 15.3. The molecule has 4 nitrogen and oxygen atoms in total. The highest BCUT2D eigenvalue weighted by Crippen LogP contribution is 2.39. The lowest BCUT2D eigenvalue weighted by atomic mass is 10.0. The van der Waals surface area contributed by atoms with Crippen molar-refractivity contribution in [2.45, 2.75) is 77.7 Å². The molecule has 0 amide bonds. The summed E-state index contributed by atoms with van der Waals surface area (Å²) in [5, 5.41) is 9.67. The van der Waals surface area contributed by atoms with Crippen LogP contribution in [-0.4, -0.2) is 44.6 Å². The number of rotatable bonds is 5. The largest absolute Gasteiger partial charge is 0.411 e. The summed E-state index contributed by atoms with van der Waals surface area (Å²) >= 11 is 0. The van der Waals surface area contributed by atoms with Crippen molar-refractivity contribution in [3.63, 3.8) is 0 Å². The van der Waals surface area contributed by atoms with Gasteiger partial charge in [-0.2, -0.15) is 0 Å². The van der Waals surface area contributed by atoms with Crippen LogP contribution in [0.3, 0.4) is 0 Å². The number of hydrogen-bond donors (Lipinski definition) is 1. The van der Waals surface area contributed by atoms with Gasteiger partial charge in [-0.25, -0.2) is 0 Å². The molecule has 0 aliphatic carbocycles. The normalized spacial score (nSPS) is 26.6. The predicted octanol–water partition coefficient (Wildman–Crippen LogP) is 3.16. The average molecular weight is 305 g/mol. The lowest BCUT2D eigenvalue weighted by Gasteiger charge is -2.42. The second-order valence-corrected chi connectivity index (χ2v) is 12.6. The van der Waals surface area contributed by atoms with Gasteiger partial charge in [-0.3, -0.25) is 0 Å². The van der Waals surface area contributed by atoms with Crippen LogP contribution >= 0.6 is 0 Å². The Morgan fingerprint density at radius 3 is 2.25 bits per heavy atom. The van der Waals surface area contributed by atoms with Crippen molar-refractivity contribution in [2.24, 2.45) is 5.92 Å². The third-order valence-corrected chi connectivity index (χ3v) is 8.96. The predicted molar refractivity (Wildman–Crippen MR) is 83.2 cm³/mol. The fourth-order valence-corrected chi connectivity index (χ4v) is 3.47. The minimum Gasteiger partial charge on any atom is -0.411 e. The molecule has 0 saturated carbocycles. The highest BCUT2D eigenvalue weighted by molar-refractivity contribution is 6.74. The second-order valence-electron chi connectivity index (χ2n) is 7.87. The van der Waals surface area contributed by atoms with E-state index in [4.69, 9.17) is 13.9 Å². The molecule has 1 aliphatic rings. The Morgan fingerprint density at radius 1 is 1.35 bits per heavy atom. The minimum absolute atomic E-state index is 0.0339. The van der Waals surface area contributed by atoms with E-state index in [0.717, 1.165) is 0 Å². The van der Waals surface area contributed by atoms with E-state index in [0.29, 0.717) is 6.61 Å². The first kappa shape index (κ1) is 18.1. The summed E-state index contributed by atoms with van der Waals surface area (Å²) in [6.07, 6.45) is -0.232. The monoisotopic (exact) mass is 304 g/mol. The van der Waals surface area contributed by atoms with Crippen LogP contribution in [0.15, 0.2) is 0 Å². The van der Waals surface area contributed by atoms with Crippen molar-refractivity contribution in [3.8, 4) is 0 Å². The van der Waals surface area contributed by atoms with Gasteiger partial charge in [-0.1, -0.05) is 27.7 Å². The molecule has 0 aromatic heterocycles. The van der Waals surface area contributed by atoms with Gasteiger partial charge in [0.25, 0.3) is 0 Å². The Kier molecular flexibility index (Phi) is 5.47. The quantitative estimate of drug-likeness (QED) is 0.793. The van der Waals surface area contributed by atoms with Crippen molar-refractivity contribution >= 4 is 8.32 Å². The van der Waals surface area contributed by atoms with E-state index in [-0.39, 0.29) is 29.8 Å². The van der Waals surface area contributed by atoms with Crippen molar-refractivity contribution in [2.75, 3.05) is 13.2 Å². The van der Waals surface area contributed by atoms with Gasteiger partial charge in [0.05, 0.1) is 12.7 Å². The van der Waals surface area contributed by atoms with Gasteiger partial charge in [-0.15, -0.1) is 0 Å². The lowest BCUT2D eigenvalue weighted by molar-refractivity contribution is -0.154. The zero-order valence-electron chi connectivity index (χ0n) is 14.3. The number of aliphatic hydroxyl groups excluding tert-OH is 1. The molecule has 0 spiro atoms. The van der Waals surface area contributed by atoms with E-state index in [9.17, 15) is 5.11 Å². The molecule has 0 aromatic rings. The molecule has 5 heteroatoms. The molecule has 1 saturated heterocycles. The molecule has 0 unspecified atom stereocenters. The molecule has 1 heterocycles. The number of ether oxygens (including phenoxy) is 2. The van der Waals surface area contributed by atoms with Gasteiger partial charge in [-0.05, 0) is 32.0 Å². The smallest absolute Gasteiger partial charge is 0.192 e. The fraction of sp³-hybridized carbons (Fsp3) is 1.00. The van der Waals surface area contributed by atoms with E-state index >= 15 is 0 Å². The summed E-state index contributed by atoms with van der Waals surface area (Å²) in [5.74, 6) is -0.527. The molecular weight excluding hydrogens is 272 g/mol. The third-order valence-electron chi connectivity index (χ3n) is 4.48. The van der Waals surface area contributed by atoms with Crippen LogP contribution in [0.5, 0.6) is 0 Å². The topological polar surface area (TPSA) is 47.9 Å². The molecule has 0 radical (unpaired) electrons. The summed E-state index contributed by atoms with van der Waals surface area (Å²) in [6.45, 7) is 17.6. The Hall–Kier alpha value is 0.0569. The molecule has 3 atom stereocenters. The van der Waals surface area contributed by atoms with E-state index in [1.807, 2.05) is 20.8 Å². The van der Waals surface area contributed by atoms with Gasteiger partial charge in [0.2, 0.25) is 0 Å². The number of hydrogen-bond acceptors (Lipinski definition) is 4. The first-order chi connectivity index (χ1) is 8.89. The standard InChI is InChI=1S/C15H32O4Si/c1-11(9-16)13(12-10-17-15(5,6)18-12)19-20(7,8)14(2,3)4/h11-13,16H,9-10H2,1-8H3/t11-,12+,13-/m0/s1. The van der Waals surface area contributed by atoms with E-state index in [1.165, 1.54) is 0 Å². The van der Waals surface area contributed by atoms with Gasteiger partial charge < -0.3 is 19.0 Å². The van der Waals surface area contributed by atoms with Crippen LogP contribution in [0.2, 0.25) is 18.1 Å². The summed E-state index contributed by atoms with van der Waals surface area (Å²) in [4.78, 5) is 0. The summed E-state index contributed by atoms with van der Waals surface area (Å²) < 4.78 is 18.1. The van der Waals surface area contributed by atoms with Gasteiger partial charge in [0, 0.05) is 12.5 Å².